The summed E-state index contributed by atoms with van der Waals surface area (Å²) in [5.41, 5.74) is 0.717. The summed E-state index contributed by atoms with van der Waals surface area (Å²) in [7, 11) is 3.37. The molecule has 0 radical (unpaired) electrons. The molecular formula is C15H23NO3S. The zero-order valence-corrected chi connectivity index (χ0v) is 13.3. The Bertz CT molecular complexity index is 471. The van der Waals surface area contributed by atoms with E-state index in [0.717, 1.165) is 12.8 Å². The van der Waals surface area contributed by atoms with Gasteiger partial charge in [-0.25, -0.2) is 0 Å². The molecule has 112 valence electrons. The first-order valence-electron chi connectivity index (χ1n) is 7.02. The van der Waals surface area contributed by atoms with Crippen LogP contribution in [0.1, 0.15) is 47.8 Å². The summed E-state index contributed by atoms with van der Waals surface area (Å²) in [6, 6.07) is 1.80. The smallest absolute Gasteiger partial charge is 0.254 e. The molecule has 4 nitrogen and oxygen atoms in total. The molecule has 1 amide bonds. The molecule has 0 aromatic carbocycles. The van der Waals surface area contributed by atoms with Crippen LogP contribution in [-0.2, 0) is 4.74 Å². The second kappa shape index (κ2) is 6.24. The number of carbonyl (C=O) groups is 1. The van der Waals surface area contributed by atoms with E-state index >= 15 is 0 Å². The highest BCUT2D eigenvalue weighted by atomic mass is 32.1. The van der Waals surface area contributed by atoms with Crippen LogP contribution in [0.25, 0.3) is 0 Å². The third-order valence-electron chi connectivity index (χ3n) is 4.08. The Morgan fingerprint density at radius 3 is 2.70 bits per heavy atom. The van der Waals surface area contributed by atoms with Crippen LogP contribution in [0.2, 0.25) is 0 Å². The molecule has 1 aromatic heterocycles. The third-order valence-corrected chi connectivity index (χ3v) is 5.31. The van der Waals surface area contributed by atoms with E-state index in [0.29, 0.717) is 11.5 Å². The summed E-state index contributed by atoms with van der Waals surface area (Å²) >= 11 is 1.62. The van der Waals surface area contributed by atoms with Crippen LogP contribution < -0.4 is 0 Å². The molecule has 0 aliphatic heterocycles. The number of rotatable bonds is 4. The van der Waals surface area contributed by atoms with E-state index in [9.17, 15) is 9.90 Å². The number of hydrogen-bond acceptors (Lipinski definition) is 4. The number of methoxy groups -OCH3 is 1. The van der Waals surface area contributed by atoms with Crippen LogP contribution in [-0.4, -0.2) is 48.3 Å². The van der Waals surface area contributed by atoms with Gasteiger partial charge in [-0.2, -0.15) is 0 Å². The van der Waals surface area contributed by atoms with Crippen molar-refractivity contribution in [2.24, 2.45) is 0 Å². The zero-order valence-electron chi connectivity index (χ0n) is 12.5. The number of hydrogen-bond donors (Lipinski definition) is 1. The molecule has 1 heterocycles. The highest BCUT2D eigenvalue weighted by Crippen LogP contribution is 2.29. The quantitative estimate of drug-likeness (QED) is 0.929. The van der Waals surface area contributed by atoms with Crippen LogP contribution in [0.15, 0.2) is 11.4 Å². The van der Waals surface area contributed by atoms with Gasteiger partial charge in [-0.15, -0.1) is 11.3 Å². The van der Waals surface area contributed by atoms with E-state index in [4.69, 9.17) is 4.74 Å². The maximum absolute atomic E-state index is 12.5. The van der Waals surface area contributed by atoms with Gasteiger partial charge in [0.15, 0.2) is 0 Å². The number of aliphatic hydroxyl groups is 1. The topological polar surface area (TPSA) is 49.8 Å². The summed E-state index contributed by atoms with van der Waals surface area (Å²) in [6.45, 7) is 4.24. The van der Waals surface area contributed by atoms with Gasteiger partial charge in [-0.1, -0.05) is 13.8 Å². The summed E-state index contributed by atoms with van der Waals surface area (Å²) in [5, 5.41) is 12.1. The minimum absolute atomic E-state index is 0.0195. The number of ether oxygens (including phenoxy) is 1. The van der Waals surface area contributed by atoms with Gasteiger partial charge in [0.2, 0.25) is 0 Å². The molecule has 0 bridgehead atoms. The molecule has 0 saturated heterocycles. The van der Waals surface area contributed by atoms with Crippen molar-refractivity contribution < 1.29 is 14.6 Å². The molecule has 0 unspecified atom stereocenters. The van der Waals surface area contributed by atoms with Crippen molar-refractivity contribution in [2.45, 2.75) is 50.9 Å². The van der Waals surface area contributed by atoms with Crippen molar-refractivity contribution in [3.8, 4) is 0 Å². The molecule has 1 aliphatic rings. The predicted octanol–water partition coefficient (Wildman–Crippen LogP) is 2.48. The lowest BCUT2D eigenvalue weighted by Crippen LogP contribution is -2.44. The number of likely N-dealkylation sites (N-methyl/N-ethyl adjacent to an activating group) is 1. The van der Waals surface area contributed by atoms with Crippen LogP contribution in [0, 0.1) is 0 Å². The maximum atomic E-state index is 12.5. The number of carbonyl (C=O) groups excluding carboxylic acids is 1. The zero-order chi connectivity index (χ0) is 14.9. The lowest BCUT2D eigenvalue weighted by atomic mass is 10.1. The first kappa shape index (κ1) is 15.5. The molecular weight excluding hydrogens is 274 g/mol. The highest BCUT2D eigenvalue weighted by Gasteiger charge is 2.39. The van der Waals surface area contributed by atoms with Gasteiger partial charge >= 0.3 is 0 Å². The van der Waals surface area contributed by atoms with Gasteiger partial charge in [-0.05, 0) is 24.8 Å². The van der Waals surface area contributed by atoms with Crippen molar-refractivity contribution in [3.05, 3.63) is 21.9 Å². The average Bonchev–Trinajstić information content (AvgIpc) is 3.03. The minimum Gasteiger partial charge on any atom is -0.388 e. The average molecular weight is 297 g/mol. The summed E-state index contributed by atoms with van der Waals surface area (Å²) < 4.78 is 5.24. The molecule has 2 rings (SSSR count). The molecule has 1 aromatic rings. The number of amides is 1. The van der Waals surface area contributed by atoms with E-state index in [1.807, 2.05) is 11.4 Å². The Labute approximate surface area is 124 Å². The molecule has 1 aliphatic carbocycles. The fraction of sp³-hybridized carbons (Fsp3) is 0.667. The van der Waals surface area contributed by atoms with Crippen LogP contribution in [0.5, 0.6) is 0 Å². The summed E-state index contributed by atoms with van der Waals surface area (Å²) in [4.78, 5) is 15.4. The predicted molar refractivity (Wildman–Crippen MR) is 80.3 cm³/mol. The van der Waals surface area contributed by atoms with E-state index in [2.05, 4.69) is 13.8 Å². The monoisotopic (exact) mass is 297 g/mol. The second-order valence-corrected chi connectivity index (χ2v) is 6.66. The Kier molecular flexibility index (Phi) is 4.83. The lowest BCUT2D eigenvalue weighted by Gasteiger charge is -2.28. The SMILES string of the molecule is CO[C@@H]1CC[C@@H](N(C)C(=O)c2csc(C(C)C)c2)[C@H]1O. The Balaban J connectivity index is 2.08. The van der Waals surface area contributed by atoms with Crippen molar-refractivity contribution >= 4 is 17.2 Å². The van der Waals surface area contributed by atoms with Crippen molar-refractivity contribution in [1.82, 2.24) is 4.90 Å². The first-order valence-corrected chi connectivity index (χ1v) is 7.90. The molecule has 3 atom stereocenters. The largest absolute Gasteiger partial charge is 0.388 e. The molecule has 1 saturated carbocycles. The molecule has 1 N–H and O–H groups in total. The second-order valence-electron chi connectivity index (χ2n) is 5.72. The Morgan fingerprint density at radius 1 is 1.50 bits per heavy atom. The van der Waals surface area contributed by atoms with Gasteiger partial charge in [-0.3, -0.25) is 4.79 Å². The third kappa shape index (κ3) is 2.90. The molecule has 20 heavy (non-hydrogen) atoms. The van der Waals surface area contributed by atoms with Crippen LogP contribution in [0.4, 0.5) is 0 Å². The molecule has 1 fully saturated rings. The number of nitrogens with zero attached hydrogens (tertiary/aromatic N) is 1. The first-order chi connectivity index (χ1) is 9.45. The van der Waals surface area contributed by atoms with E-state index in [1.165, 1.54) is 4.88 Å². The van der Waals surface area contributed by atoms with E-state index in [1.54, 1.807) is 30.4 Å². The number of aliphatic hydroxyl groups excluding tert-OH is 1. The van der Waals surface area contributed by atoms with Crippen LogP contribution >= 0.6 is 11.3 Å². The van der Waals surface area contributed by atoms with E-state index < -0.39 is 6.10 Å². The molecule has 0 spiro atoms. The summed E-state index contributed by atoms with van der Waals surface area (Å²) in [5.74, 6) is 0.413. The standard InChI is InChI=1S/C15H23NO3S/c1-9(2)13-7-10(8-20-13)15(18)16(3)11-5-6-12(19-4)14(11)17/h7-9,11-12,14,17H,5-6H2,1-4H3/t11-,12-,14-/m1/s1. The van der Waals surface area contributed by atoms with Gasteiger partial charge < -0.3 is 14.7 Å². The Hall–Kier alpha value is -0.910. The fourth-order valence-corrected chi connectivity index (χ4v) is 3.63. The minimum atomic E-state index is -0.600. The van der Waals surface area contributed by atoms with Gasteiger partial charge in [0.25, 0.3) is 5.91 Å². The van der Waals surface area contributed by atoms with Gasteiger partial charge in [0, 0.05) is 24.4 Å². The van der Waals surface area contributed by atoms with Crippen molar-refractivity contribution in [1.29, 1.82) is 0 Å². The Morgan fingerprint density at radius 2 is 2.20 bits per heavy atom. The lowest BCUT2D eigenvalue weighted by molar-refractivity contribution is -0.0156. The highest BCUT2D eigenvalue weighted by molar-refractivity contribution is 7.10. The van der Waals surface area contributed by atoms with Crippen LogP contribution in [0.3, 0.4) is 0 Å². The van der Waals surface area contributed by atoms with Crippen molar-refractivity contribution in [2.75, 3.05) is 14.2 Å². The van der Waals surface area contributed by atoms with Crippen molar-refractivity contribution in [3.63, 3.8) is 0 Å². The fourth-order valence-electron chi connectivity index (χ4n) is 2.73. The normalized spacial score (nSPS) is 26.2. The maximum Gasteiger partial charge on any atom is 0.254 e. The van der Waals surface area contributed by atoms with Gasteiger partial charge in [0.05, 0.1) is 17.7 Å². The van der Waals surface area contributed by atoms with Gasteiger partial charge in [0.1, 0.15) is 6.10 Å². The molecule has 5 heteroatoms. The summed E-state index contributed by atoms with van der Waals surface area (Å²) in [6.07, 6.45) is 0.810. The number of thiophene rings is 1. The van der Waals surface area contributed by atoms with E-state index in [-0.39, 0.29) is 18.1 Å².